The largest absolute Gasteiger partial charge is 0.491 e. The first-order valence-electron chi connectivity index (χ1n) is 8.61. The van der Waals surface area contributed by atoms with Gasteiger partial charge in [0.05, 0.1) is 6.10 Å². The van der Waals surface area contributed by atoms with Crippen molar-refractivity contribution in [1.29, 1.82) is 0 Å². The van der Waals surface area contributed by atoms with Gasteiger partial charge in [-0.05, 0) is 51.7 Å². The van der Waals surface area contributed by atoms with Gasteiger partial charge in [0.2, 0.25) is 5.91 Å². The van der Waals surface area contributed by atoms with Crippen molar-refractivity contribution in [2.45, 2.75) is 58.1 Å². The van der Waals surface area contributed by atoms with Crippen LogP contribution in [0.1, 0.15) is 46.5 Å². The van der Waals surface area contributed by atoms with E-state index in [1.54, 1.807) is 0 Å². The van der Waals surface area contributed by atoms with Crippen LogP contribution in [-0.2, 0) is 4.79 Å². The monoisotopic (exact) mass is 331 g/mol. The number of anilines is 1. The van der Waals surface area contributed by atoms with Crippen molar-refractivity contribution in [1.82, 2.24) is 4.98 Å². The summed E-state index contributed by atoms with van der Waals surface area (Å²) in [5.41, 5.74) is 6.44. The van der Waals surface area contributed by atoms with Crippen molar-refractivity contribution in [2.24, 2.45) is 5.73 Å². The highest BCUT2D eigenvalue weighted by Gasteiger charge is 2.44. The Morgan fingerprint density at radius 3 is 2.92 bits per heavy atom. The van der Waals surface area contributed by atoms with Gasteiger partial charge in [0.1, 0.15) is 16.8 Å². The summed E-state index contributed by atoms with van der Waals surface area (Å²) >= 11 is 0. The van der Waals surface area contributed by atoms with E-state index in [9.17, 15) is 4.79 Å². The first-order valence-corrected chi connectivity index (χ1v) is 8.61. The molecule has 2 N–H and O–H groups in total. The molecule has 1 saturated heterocycles. The molecule has 0 radical (unpaired) electrons. The molecule has 6 heteroatoms. The van der Waals surface area contributed by atoms with E-state index in [0.29, 0.717) is 18.0 Å². The molecule has 0 saturated carbocycles. The van der Waals surface area contributed by atoms with Crippen molar-refractivity contribution in [3.63, 3.8) is 0 Å². The van der Waals surface area contributed by atoms with Gasteiger partial charge in [0, 0.05) is 12.6 Å². The van der Waals surface area contributed by atoms with E-state index in [-0.39, 0.29) is 12.0 Å². The minimum absolute atomic E-state index is 0.0922. The van der Waals surface area contributed by atoms with Crippen molar-refractivity contribution in [3.05, 3.63) is 18.2 Å². The Bertz CT molecular complexity index is 740. The maximum absolute atomic E-state index is 12.2. The van der Waals surface area contributed by atoms with Crippen LogP contribution in [0.25, 0.3) is 11.1 Å². The zero-order valence-electron chi connectivity index (χ0n) is 14.5. The fourth-order valence-corrected chi connectivity index (χ4v) is 3.47. The predicted molar refractivity (Wildman–Crippen MR) is 93.2 cm³/mol. The fraction of sp³-hybridized carbons (Fsp3) is 0.556. The van der Waals surface area contributed by atoms with Crippen molar-refractivity contribution in [2.75, 3.05) is 11.4 Å². The molecule has 6 nitrogen and oxygen atoms in total. The lowest BCUT2D eigenvalue weighted by molar-refractivity contribution is -0.124. The molecule has 24 heavy (non-hydrogen) atoms. The van der Waals surface area contributed by atoms with Crippen LogP contribution in [0.3, 0.4) is 0 Å². The van der Waals surface area contributed by atoms with Crippen molar-refractivity contribution < 1.29 is 13.9 Å². The second kappa shape index (κ2) is 6.34. The maximum atomic E-state index is 12.2. The Labute approximate surface area is 142 Å². The Balaban J connectivity index is 1.99. The number of hydrogen-bond donors (Lipinski definition) is 1. The van der Waals surface area contributed by atoms with Crippen LogP contribution in [0.5, 0.6) is 5.75 Å². The van der Waals surface area contributed by atoms with Gasteiger partial charge < -0.3 is 19.8 Å². The SMILES string of the molecule is CCC1(C(N)=O)CCCCN1c1nc2ccc(OC(C)C)cc2o1. The molecule has 1 atom stereocenters. The number of ether oxygens (including phenoxy) is 1. The van der Waals surface area contributed by atoms with Gasteiger partial charge in [-0.1, -0.05) is 6.92 Å². The molecule has 2 heterocycles. The third-order valence-corrected chi connectivity index (χ3v) is 4.73. The quantitative estimate of drug-likeness (QED) is 0.909. The van der Waals surface area contributed by atoms with Gasteiger partial charge in [-0.25, -0.2) is 0 Å². The zero-order chi connectivity index (χ0) is 17.3. The van der Waals surface area contributed by atoms with Crippen LogP contribution in [0, 0.1) is 0 Å². The number of fused-ring (bicyclic) bond motifs is 1. The van der Waals surface area contributed by atoms with Gasteiger partial charge in [-0.2, -0.15) is 4.98 Å². The number of piperidine rings is 1. The first kappa shape index (κ1) is 16.6. The van der Waals surface area contributed by atoms with E-state index >= 15 is 0 Å². The van der Waals surface area contributed by atoms with Gasteiger partial charge in [-0.15, -0.1) is 0 Å². The first-order chi connectivity index (χ1) is 11.5. The lowest BCUT2D eigenvalue weighted by Gasteiger charge is -2.43. The number of oxazole rings is 1. The normalized spacial score (nSPS) is 21.4. The molecule has 1 aliphatic rings. The number of hydrogen-bond acceptors (Lipinski definition) is 5. The Morgan fingerprint density at radius 2 is 2.25 bits per heavy atom. The summed E-state index contributed by atoms with van der Waals surface area (Å²) in [4.78, 5) is 18.7. The van der Waals surface area contributed by atoms with E-state index in [2.05, 4.69) is 4.98 Å². The molecule has 1 aromatic heterocycles. The highest BCUT2D eigenvalue weighted by Crippen LogP contribution is 2.36. The molecule has 1 aliphatic heterocycles. The van der Waals surface area contributed by atoms with Crippen LogP contribution in [0.4, 0.5) is 6.01 Å². The molecule has 3 rings (SSSR count). The summed E-state index contributed by atoms with van der Waals surface area (Å²) in [6.45, 7) is 6.66. The Kier molecular flexibility index (Phi) is 4.39. The molecule has 1 fully saturated rings. The maximum Gasteiger partial charge on any atom is 0.299 e. The van der Waals surface area contributed by atoms with E-state index in [4.69, 9.17) is 14.9 Å². The van der Waals surface area contributed by atoms with E-state index in [0.717, 1.165) is 37.1 Å². The highest BCUT2D eigenvalue weighted by molar-refractivity contribution is 5.88. The molecular weight excluding hydrogens is 306 g/mol. The summed E-state index contributed by atoms with van der Waals surface area (Å²) in [7, 11) is 0. The molecule has 1 aromatic carbocycles. The molecular formula is C18H25N3O3. The number of aromatic nitrogens is 1. The molecule has 1 amide bonds. The number of rotatable bonds is 5. The molecule has 130 valence electrons. The minimum Gasteiger partial charge on any atom is -0.491 e. The van der Waals surface area contributed by atoms with Crippen LogP contribution in [-0.4, -0.2) is 29.1 Å². The number of nitrogens with two attached hydrogens (primary N) is 1. The average molecular weight is 331 g/mol. The lowest BCUT2D eigenvalue weighted by atomic mass is 9.84. The zero-order valence-corrected chi connectivity index (χ0v) is 14.5. The van der Waals surface area contributed by atoms with Crippen molar-refractivity contribution in [3.8, 4) is 5.75 Å². The Morgan fingerprint density at radius 1 is 1.46 bits per heavy atom. The topological polar surface area (TPSA) is 81.6 Å². The van der Waals surface area contributed by atoms with E-state index in [1.807, 2.05) is 43.9 Å². The summed E-state index contributed by atoms with van der Waals surface area (Å²) in [5, 5.41) is 0. The van der Waals surface area contributed by atoms with Crippen LogP contribution in [0.15, 0.2) is 22.6 Å². The minimum atomic E-state index is -0.712. The number of nitrogens with zero attached hydrogens (tertiary/aromatic N) is 2. The molecule has 1 unspecified atom stereocenters. The predicted octanol–water partition coefficient (Wildman–Crippen LogP) is 3.24. The number of carbonyl (C=O) groups is 1. The Hall–Kier alpha value is -2.24. The number of primary amides is 1. The third-order valence-electron chi connectivity index (χ3n) is 4.73. The lowest BCUT2D eigenvalue weighted by Crippen LogP contribution is -2.60. The molecule has 0 aliphatic carbocycles. The highest BCUT2D eigenvalue weighted by atomic mass is 16.5. The molecule has 0 bridgehead atoms. The van der Waals surface area contributed by atoms with E-state index < -0.39 is 5.54 Å². The standard InChI is InChI=1S/C18H25N3O3/c1-4-18(16(19)22)9-5-6-10-21(18)17-20-14-8-7-13(23-12(2)3)11-15(14)24-17/h7-8,11-12H,4-6,9-10H2,1-3H3,(H2,19,22). The van der Waals surface area contributed by atoms with Crippen LogP contribution in [0.2, 0.25) is 0 Å². The third kappa shape index (κ3) is 2.81. The van der Waals surface area contributed by atoms with Crippen molar-refractivity contribution >= 4 is 23.0 Å². The van der Waals surface area contributed by atoms with Crippen LogP contribution >= 0.6 is 0 Å². The van der Waals surface area contributed by atoms with Gasteiger partial charge in [0.25, 0.3) is 6.01 Å². The summed E-state index contributed by atoms with van der Waals surface area (Å²) in [6.07, 6.45) is 3.45. The summed E-state index contributed by atoms with van der Waals surface area (Å²) < 4.78 is 11.7. The number of amides is 1. The second-order valence-corrected chi connectivity index (χ2v) is 6.65. The molecule has 0 spiro atoms. The second-order valence-electron chi connectivity index (χ2n) is 6.65. The van der Waals surface area contributed by atoms with Gasteiger partial charge in [-0.3, -0.25) is 4.79 Å². The van der Waals surface area contributed by atoms with Gasteiger partial charge in [0.15, 0.2) is 5.58 Å². The average Bonchev–Trinajstić information content (AvgIpc) is 2.96. The summed E-state index contributed by atoms with van der Waals surface area (Å²) in [5.74, 6) is 0.436. The molecule has 2 aromatic rings. The van der Waals surface area contributed by atoms with E-state index in [1.165, 1.54) is 0 Å². The van der Waals surface area contributed by atoms with Crippen LogP contribution < -0.4 is 15.4 Å². The summed E-state index contributed by atoms with van der Waals surface area (Å²) in [6, 6.07) is 6.06. The smallest absolute Gasteiger partial charge is 0.299 e. The number of carbonyl (C=O) groups excluding carboxylic acids is 1. The fourth-order valence-electron chi connectivity index (χ4n) is 3.47. The van der Waals surface area contributed by atoms with Gasteiger partial charge >= 0.3 is 0 Å². The number of benzene rings is 1.